The second kappa shape index (κ2) is 11.3. The second-order valence-electron chi connectivity index (χ2n) is 4.83. The van der Waals surface area contributed by atoms with Crippen molar-refractivity contribution in [2.45, 2.75) is 52.0 Å². The number of halogens is 2. The van der Waals surface area contributed by atoms with Crippen LogP contribution in [0, 0.1) is 0 Å². The molecule has 0 fully saturated rings. The van der Waals surface area contributed by atoms with Gasteiger partial charge in [-0.1, -0.05) is 62.2 Å². The van der Waals surface area contributed by atoms with Crippen LogP contribution in [0.1, 0.15) is 45.4 Å². The molecule has 0 unspecified atom stereocenters. The third-order valence-electron chi connectivity index (χ3n) is 2.97. The van der Waals surface area contributed by atoms with E-state index in [0.717, 1.165) is 13.0 Å². The third-order valence-corrected chi connectivity index (χ3v) is 5.53. The van der Waals surface area contributed by atoms with Crippen molar-refractivity contribution >= 4 is 58.7 Å². The quantitative estimate of drug-likeness (QED) is 0.499. The molecule has 0 spiro atoms. The van der Waals surface area contributed by atoms with Crippen molar-refractivity contribution in [3.63, 3.8) is 0 Å². The average Bonchev–Trinajstić information content (AvgIpc) is 3.07. The molecule has 0 bridgehead atoms. The van der Waals surface area contributed by atoms with Gasteiger partial charge in [-0.2, -0.15) is 0 Å². The number of carbonyl (C=O) groups is 1. The largest absolute Gasteiger partial charge is 0.292 e. The topological polar surface area (TPSA) is 51.4 Å². The number of nitrogens with zero attached hydrogens (tertiary/aromatic N) is 2. The predicted octanol–water partition coefficient (Wildman–Crippen LogP) is 4.87. The molecule has 22 heavy (non-hydrogen) atoms. The molecule has 1 aromatic rings. The summed E-state index contributed by atoms with van der Waals surface area (Å²) in [5.74, 6) is 0.667. The summed E-state index contributed by atoms with van der Waals surface area (Å²) in [5, 5.41) is 0.164. The summed E-state index contributed by atoms with van der Waals surface area (Å²) < 4.78 is 5.65. The summed E-state index contributed by atoms with van der Waals surface area (Å²) in [7, 11) is 0. The minimum absolute atomic E-state index is 0.125. The molecule has 1 aliphatic heterocycles. The minimum atomic E-state index is -0.148. The molecule has 0 saturated heterocycles. The van der Waals surface area contributed by atoms with Crippen molar-refractivity contribution in [1.29, 1.82) is 0 Å². The molecular weight excluding hydrogens is 363 g/mol. The molecule has 8 heteroatoms. The van der Waals surface area contributed by atoms with Crippen LogP contribution in [0.4, 0.5) is 0 Å². The van der Waals surface area contributed by atoms with E-state index >= 15 is 0 Å². The van der Waals surface area contributed by atoms with Gasteiger partial charge in [0.2, 0.25) is 0 Å². The average molecular weight is 383 g/mol. The molecule has 0 aliphatic carbocycles. The van der Waals surface area contributed by atoms with Crippen molar-refractivity contribution in [3.05, 3.63) is 19.7 Å². The number of hydrogen-bond acceptors (Lipinski definition) is 5. The Morgan fingerprint density at radius 2 is 1.86 bits per heavy atom. The fourth-order valence-electron chi connectivity index (χ4n) is 1.79. The van der Waals surface area contributed by atoms with Crippen molar-refractivity contribution in [1.82, 2.24) is 3.96 Å². The first-order valence-corrected chi connectivity index (χ1v) is 9.76. The Balaban J connectivity index is 0.000000335. The van der Waals surface area contributed by atoms with Gasteiger partial charge in [-0.3, -0.25) is 13.5 Å². The highest BCUT2D eigenvalue weighted by atomic mass is 35.5. The van der Waals surface area contributed by atoms with Gasteiger partial charge < -0.3 is 0 Å². The van der Waals surface area contributed by atoms with Crippen LogP contribution in [0.5, 0.6) is 0 Å². The number of aromatic nitrogens is 1. The Kier molecular flexibility index (Phi) is 10.1. The lowest BCUT2D eigenvalue weighted by Crippen LogP contribution is -2.13. The van der Waals surface area contributed by atoms with E-state index in [9.17, 15) is 9.59 Å². The van der Waals surface area contributed by atoms with Crippen LogP contribution < -0.4 is 5.56 Å². The maximum Gasteiger partial charge on any atom is 0.280 e. The summed E-state index contributed by atoms with van der Waals surface area (Å²) in [6, 6.07) is 0. The van der Waals surface area contributed by atoms with Crippen LogP contribution >= 0.6 is 46.7 Å². The number of ketones is 1. The van der Waals surface area contributed by atoms with Crippen LogP contribution in [-0.2, 0) is 11.3 Å². The van der Waals surface area contributed by atoms with Crippen LogP contribution in [0.2, 0.25) is 9.36 Å². The fraction of sp³-hybridized carbons (Fsp3) is 0.643. The van der Waals surface area contributed by atoms with Crippen molar-refractivity contribution in [2.24, 2.45) is 4.40 Å². The summed E-state index contributed by atoms with van der Waals surface area (Å²) >= 11 is 14.1. The van der Waals surface area contributed by atoms with Gasteiger partial charge in [-0.05, 0) is 29.9 Å². The highest BCUT2D eigenvalue weighted by molar-refractivity contribution is 7.99. The number of hydrogen-bond donors (Lipinski definition) is 0. The van der Waals surface area contributed by atoms with Crippen LogP contribution in [0.25, 0.3) is 0 Å². The van der Waals surface area contributed by atoms with E-state index in [1.807, 2.05) is 0 Å². The zero-order valence-electron chi connectivity index (χ0n) is 12.5. The lowest BCUT2D eigenvalue weighted by Gasteiger charge is -2.00. The zero-order valence-corrected chi connectivity index (χ0v) is 15.7. The Bertz CT molecular complexity index is 556. The fourth-order valence-corrected chi connectivity index (χ4v) is 3.60. The van der Waals surface area contributed by atoms with Gasteiger partial charge in [0.25, 0.3) is 5.56 Å². The molecule has 1 aliphatic rings. The number of rotatable bonds is 7. The van der Waals surface area contributed by atoms with Gasteiger partial charge in [0.05, 0.1) is 12.0 Å². The molecule has 0 saturated carbocycles. The predicted molar refractivity (Wildman–Crippen MR) is 97.9 cm³/mol. The number of unbranched alkanes of at least 4 members (excludes halogenated alkanes) is 5. The molecular formula is C14H20Cl2N2O2S2. The molecule has 1 aromatic heterocycles. The SMILES string of the molecule is CCCCCCCCn1sc(Cl)c(Cl)c1=O.O=C1C=NSC1. The monoisotopic (exact) mass is 382 g/mol. The van der Waals surface area contributed by atoms with E-state index in [4.69, 9.17) is 23.2 Å². The second-order valence-corrected chi connectivity index (χ2v) is 7.60. The van der Waals surface area contributed by atoms with Gasteiger partial charge >= 0.3 is 0 Å². The first-order chi connectivity index (χ1) is 10.6. The molecule has 0 atom stereocenters. The summed E-state index contributed by atoms with van der Waals surface area (Å²) in [6.07, 6.45) is 8.64. The van der Waals surface area contributed by atoms with E-state index in [0.29, 0.717) is 10.1 Å². The number of carbonyl (C=O) groups excluding carboxylic acids is 1. The molecule has 124 valence electrons. The standard InChI is InChI=1S/C11H17Cl2NOS.C3H3NOS/c1-2-3-4-5-6-7-8-14-11(15)9(12)10(13)16-14;5-3-1-4-6-2-3/h2-8H2,1H3;1H,2H2. The Morgan fingerprint density at radius 3 is 2.32 bits per heavy atom. The molecule has 0 N–H and O–H groups in total. The highest BCUT2D eigenvalue weighted by Gasteiger charge is 2.10. The van der Waals surface area contributed by atoms with Crippen LogP contribution in [0.3, 0.4) is 0 Å². The maximum atomic E-state index is 11.5. The van der Waals surface area contributed by atoms with Gasteiger partial charge in [-0.15, -0.1) is 0 Å². The number of aryl methyl sites for hydroxylation is 1. The lowest BCUT2D eigenvalue weighted by molar-refractivity contribution is -0.110. The first-order valence-electron chi connectivity index (χ1n) is 7.29. The third kappa shape index (κ3) is 7.31. The molecule has 0 amide bonds. The first kappa shape index (κ1) is 19.7. The zero-order chi connectivity index (χ0) is 16.4. The lowest BCUT2D eigenvalue weighted by atomic mass is 10.1. The molecule has 2 heterocycles. The van der Waals surface area contributed by atoms with Crippen LogP contribution in [0.15, 0.2) is 9.19 Å². The van der Waals surface area contributed by atoms with E-state index in [1.54, 1.807) is 3.96 Å². The van der Waals surface area contributed by atoms with E-state index in [1.165, 1.54) is 61.8 Å². The minimum Gasteiger partial charge on any atom is -0.292 e. The van der Waals surface area contributed by atoms with Crippen LogP contribution in [-0.4, -0.2) is 21.7 Å². The Hall–Kier alpha value is -0.300. The maximum absolute atomic E-state index is 11.5. The summed E-state index contributed by atoms with van der Waals surface area (Å²) in [5.41, 5.74) is -0.148. The summed E-state index contributed by atoms with van der Waals surface area (Å²) in [4.78, 5) is 21.6. The number of Topliss-reactive ketones (excluding diaryl/α,β-unsaturated/α-hetero) is 1. The summed E-state index contributed by atoms with van der Waals surface area (Å²) in [6.45, 7) is 2.94. The molecule has 2 rings (SSSR count). The van der Waals surface area contributed by atoms with E-state index in [2.05, 4.69) is 11.3 Å². The van der Waals surface area contributed by atoms with Gasteiger partial charge in [-0.25, -0.2) is 4.40 Å². The van der Waals surface area contributed by atoms with E-state index in [-0.39, 0.29) is 16.4 Å². The van der Waals surface area contributed by atoms with Crippen molar-refractivity contribution in [3.8, 4) is 0 Å². The molecule has 4 nitrogen and oxygen atoms in total. The Labute approximate surface area is 149 Å². The van der Waals surface area contributed by atoms with Crippen molar-refractivity contribution in [2.75, 3.05) is 5.75 Å². The Morgan fingerprint density at radius 1 is 1.18 bits per heavy atom. The smallest absolute Gasteiger partial charge is 0.280 e. The van der Waals surface area contributed by atoms with E-state index < -0.39 is 0 Å². The highest BCUT2D eigenvalue weighted by Crippen LogP contribution is 2.23. The van der Waals surface area contributed by atoms with Crippen molar-refractivity contribution < 1.29 is 4.79 Å². The van der Waals surface area contributed by atoms with Gasteiger partial charge in [0.15, 0.2) is 5.78 Å². The molecule has 0 radical (unpaired) electrons. The molecule has 0 aromatic carbocycles. The van der Waals surface area contributed by atoms with Gasteiger partial charge in [0, 0.05) is 6.54 Å². The van der Waals surface area contributed by atoms with Gasteiger partial charge in [0.1, 0.15) is 9.36 Å². The normalized spacial score (nSPS) is 13.3.